The van der Waals surface area contributed by atoms with Crippen LogP contribution in [-0.4, -0.2) is 30.9 Å². The second-order valence-corrected chi connectivity index (χ2v) is 8.08. The van der Waals surface area contributed by atoms with Crippen molar-refractivity contribution in [1.29, 1.82) is 0 Å². The van der Waals surface area contributed by atoms with Crippen molar-refractivity contribution >= 4 is 32.1 Å². The quantitative estimate of drug-likeness (QED) is 0.818. The number of nitrogens with zero attached hydrogens (tertiary/aromatic N) is 2. The first kappa shape index (κ1) is 14.8. The maximum Gasteiger partial charge on any atom is 0.260 e. The highest BCUT2D eigenvalue weighted by Crippen LogP contribution is 2.48. The number of hydrogen-bond donors (Lipinski definition) is 2. The SMILES string of the molecule is CCNc1nc2sccn2c1S(=O)(=O)NCC1(CC)CC1. The smallest absolute Gasteiger partial charge is 0.260 e. The zero-order valence-corrected chi connectivity index (χ0v) is 13.9. The molecule has 21 heavy (non-hydrogen) atoms. The molecule has 0 aromatic carbocycles. The Kier molecular flexibility index (Phi) is 3.71. The second-order valence-electron chi connectivity index (χ2n) is 5.53. The van der Waals surface area contributed by atoms with Gasteiger partial charge in [-0.3, -0.25) is 4.40 Å². The average molecular weight is 328 g/mol. The number of nitrogens with one attached hydrogen (secondary N) is 2. The van der Waals surface area contributed by atoms with Gasteiger partial charge in [-0.15, -0.1) is 11.3 Å². The van der Waals surface area contributed by atoms with E-state index in [1.807, 2.05) is 12.3 Å². The molecule has 1 aliphatic carbocycles. The van der Waals surface area contributed by atoms with E-state index in [0.29, 0.717) is 23.9 Å². The summed E-state index contributed by atoms with van der Waals surface area (Å²) in [5, 5.41) is 5.09. The van der Waals surface area contributed by atoms with Gasteiger partial charge in [-0.2, -0.15) is 0 Å². The first-order valence-electron chi connectivity index (χ1n) is 7.20. The Morgan fingerprint density at radius 2 is 2.19 bits per heavy atom. The Balaban J connectivity index is 1.93. The lowest BCUT2D eigenvalue weighted by atomic mass is 10.1. The molecule has 116 valence electrons. The van der Waals surface area contributed by atoms with E-state index in [2.05, 4.69) is 21.9 Å². The molecule has 0 unspecified atom stereocenters. The highest BCUT2D eigenvalue weighted by atomic mass is 32.2. The third-order valence-corrected chi connectivity index (χ3v) is 6.34. The molecule has 1 fully saturated rings. The van der Waals surface area contributed by atoms with Crippen molar-refractivity contribution in [2.45, 2.75) is 38.1 Å². The average Bonchev–Trinajstić information content (AvgIpc) is 2.96. The largest absolute Gasteiger partial charge is 0.368 e. The predicted octanol–water partition coefficient (Wildman–Crippen LogP) is 2.30. The van der Waals surface area contributed by atoms with Crippen LogP contribution in [-0.2, 0) is 10.0 Å². The van der Waals surface area contributed by atoms with Crippen molar-refractivity contribution in [1.82, 2.24) is 14.1 Å². The monoisotopic (exact) mass is 328 g/mol. The van der Waals surface area contributed by atoms with Gasteiger partial charge < -0.3 is 5.32 Å². The molecular weight excluding hydrogens is 308 g/mol. The molecule has 0 spiro atoms. The van der Waals surface area contributed by atoms with Crippen LogP contribution >= 0.6 is 11.3 Å². The van der Waals surface area contributed by atoms with Crippen LogP contribution in [0.25, 0.3) is 4.96 Å². The summed E-state index contributed by atoms with van der Waals surface area (Å²) in [5.41, 5.74) is 0.171. The van der Waals surface area contributed by atoms with Crippen molar-refractivity contribution in [3.63, 3.8) is 0 Å². The molecule has 1 saturated carbocycles. The summed E-state index contributed by atoms with van der Waals surface area (Å²) in [6.45, 7) is 5.18. The molecule has 2 heterocycles. The van der Waals surface area contributed by atoms with Crippen LogP contribution in [0.1, 0.15) is 33.1 Å². The van der Waals surface area contributed by atoms with E-state index in [1.165, 1.54) is 11.3 Å². The maximum absolute atomic E-state index is 12.7. The molecular formula is C13H20N4O2S2. The summed E-state index contributed by atoms with van der Waals surface area (Å²) in [6.07, 6.45) is 4.96. The summed E-state index contributed by atoms with van der Waals surface area (Å²) < 4.78 is 29.8. The minimum Gasteiger partial charge on any atom is -0.368 e. The van der Waals surface area contributed by atoms with Crippen molar-refractivity contribution in [2.24, 2.45) is 5.41 Å². The van der Waals surface area contributed by atoms with Crippen LogP contribution in [0.5, 0.6) is 0 Å². The van der Waals surface area contributed by atoms with Gasteiger partial charge in [-0.25, -0.2) is 18.1 Å². The lowest BCUT2D eigenvalue weighted by Gasteiger charge is -2.14. The molecule has 0 bridgehead atoms. The number of aromatic nitrogens is 2. The minimum atomic E-state index is -3.57. The molecule has 2 aromatic rings. The fraction of sp³-hybridized carbons (Fsp3) is 0.615. The molecule has 6 nitrogen and oxygen atoms in total. The molecule has 0 aliphatic heterocycles. The fourth-order valence-corrected chi connectivity index (χ4v) is 4.64. The van der Waals surface area contributed by atoms with E-state index in [4.69, 9.17) is 0 Å². The minimum absolute atomic E-state index is 0.171. The molecule has 1 aliphatic rings. The summed E-state index contributed by atoms with van der Waals surface area (Å²) in [5.74, 6) is 0.429. The number of fused-ring (bicyclic) bond motifs is 1. The Bertz CT molecular complexity index is 743. The van der Waals surface area contributed by atoms with Crippen LogP contribution in [0.15, 0.2) is 16.6 Å². The second kappa shape index (κ2) is 5.26. The van der Waals surface area contributed by atoms with Crippen LogP contribution in [0.2, 0.25) is 0 Å². The third-order valence-electron chi connectivity index (χ3n) is 4.16. The van der Waals surface area contributed by atoms with Gasteiger partial charge in [0.25, 0.3) is 10.0 Å². The first-order chi connectivity index (χ1) is 10.0. The van der Waals surface area contributed by atoms with Gasteiger partial charge in [-0.05, 0) is 31.6 Å². The van der Waals surface area contributed by atoms with E-state index in [0.717, 1.165) is 19.3 Å². The number of sulfonamides is 1. The Morgan fingerprint density at radius 3 is 2.81 bits per heavy atom. The first-order valence-corrected chi connectivity index (χ1v) is 9.57. The zero-order chi connectivity index (χ0) is 15.1. The third kappa shape index (κ3) is 2.67. The van der Waals surface area contributed by atoms with E-state index < -0.39 is 10.0 Å². The van der Waals surface area contributed by atoms with Crippen molar-refractivity contribution in [3.8, 4) is 0 Å². The highest BCUT2D eigenvalue weighted by Gasteiger charge is 2.41. The summed E-state index contributed by atoms with van der Waals surface area (Å²) >= 11 is 1.42. The summed E-state index contributed by atoms with van der Waals surface area (Å²) in [7, 11) is -3.57. The lowest BCUT2D eigenvalue weighted by molar-refractivity contribution is 0.475. The number of anilines is 1. The van der Waals surface area contributed by atoms with Gasteiger partial charge in [0, 0.05) is 24.7 Å². The van der Waals surface area contributed by atoms with E-state index >= 15 is 0 Å². The summed E-state index contributed by atoms with van der Waals surface area (Å²) in [6, 6.07) is 0. The topological polar surface area (TPSA) is 75.5 Å². The van der Waals surface area contributed by atoms with E-state index in [1.54, 1.807) is 10.6 Å². The Hall–Kier alpha value is -1.12. The molecule has 3 rings (SSSR count). The van der Waals surface area contributed by atoms with Crippen LogP contribution in [0.3, 0.4) is 0 Å². The molecule has 2 aromatic heterocycles. The van der Waals surface area contributed by atoms with Crippen LogP contribution < -0.4 is 10.0 Å². The summed E-state index contributed by atoms with van der Waals surface area (Å²) in [4.78, 5) is 5.04. The number of imidazole rings is 1. The van der Waals surface area contributed by atoms with Crippen molar-refractivity contribution < 1.29 is 8.42 Å². The maximum atomic E-state index is 12.7. The molecule has 0 saturated heterocycles. The van der Waals surface area contributed by atoms with Gasteiger partial charge in [-0.1, -0.05) is 6.92 Å². The van der Waals surface area contributed by atoms with Gasteiger partial charge in [0.2, 0.25) is 0 Å². The van der Waals surface area contributed by atoms with Crippen molar-refractivity contribution in [2.75, 3.05) is 18.4 Å². The van der Waals surface area contributed by atoms with Gasteiger partial charge >= 0.3 is 0 Å². The fourth-order valence-electron chi connectivity index (χ4n) is 2.45. The highest BCUT2D eigenvalue weighted by molar-refractivity contribution is 7.89. The molecule has 8 heteroatoms. The predicted molar refractivity (Wildman–Crippen MR) is 84.4 cm³/mol. The number of rotatable bonds is 7. The normalized spacial score (nSPS) is 17.2. The zero-order valence-electron chi connectivity index (χ0n) is 12.2. The molecule has 2 N–H and O–H groups in total. The van der Waals surface area contributed by atoms with E-state index in [-0.39, 0.29) is 10.4 Å². The molecule has 0 radical (unpaired) electrons. The molecule has 0 atom stereocenters. The van der Waals surface area contributed by atoms with E-state index in [9.17, 15) is 8.42 Å². The van der Waals surface area contributed by atoms with Crippen molar-refractivity contribution in [3.05, 3.63) is 11.6 Å². The molecule has 0 amide bonds. The number of hydrogen-bond acceptors (Lipinski definition) is 5. The van der Waals surface area contributed by atoms with Gasteiger partial charge in [0.1, 0.15) is 0 Å². The van der Waals surface area contributed by atoms with Gasteiger partial charge in [0.05, 0.1) is 0 Å². The Labute approximate surface area is 128 Å². The lowest BCUT2D eigenvalue weighted by Crippen LogP contribution is -2.31. The van der Waals surface area contributed by atoms with Gasteiger partial charge in [0.15, 0.2) is 15.8 Å². The number of thiazole rings is 1. The standard InChI is InChI=1S/C13H20N4O2S2/c1-3-13(5-6-13)9-15-21(18,19)11-10(14-4-2)16-12-17(11)7-8-20-12/h7-8,14-15H,3-6,9H2,1-2H3. The van der Waals surface area contributed by atoms with Crippen LogP contribution in [0.4, 0.5) is 5.82 Å². The Morgan fingerprint density at radius 1 is 1.43 bits per heavy atom. The van der Waals surface area contributed by atoms with Crippen LogP contribution in [0, 0.1) is 5.41 Å².